The van der Waals surface area contributed by atoms with E-state index < -0.39 is 0 Å². The Morgan fingerprint density at radius 2 is 2.09 bits per heavy atom. The second kappa shape index (κ2) is 9.19. The van der Waals surface area contributed by atoms with Gasteiger partial charge in [0, 0.05) is 41.8 Å². The molecule has 0 radical (unpaired) electrons. The van der Waals surface area contributed by atoms with Crippen molar-refractivity contribution in [3.8, 4) is 0 Å². The van der Waals surface area contributed by atoms with Crippen LogP contribution in [0.5, 0.6) is 0 Å². The molecule has 0 aliphatic heterocycles. The number of aryl methyl sites for hydroxylation is 5. The van der Waals surface area contributed by atoms with Crippen molar-refractivity contribution >= 4 is 21.6 Å². The molecule has 33 heavy (non-hydrogen) atoms. The van der Waals surface area contributed by atoms with E-state index in [2.05, 4.69) is 28.4 Å². The molecule has 1 N–H and O–H groups in total. The third kappa shape index (κ3) is 4.50. The van der Waals surface area contributed by atoms with Crippen molar-refractivity contribution in [2.75, 3.05) is 0 Å². The van der Waals surface area contributed by atoms with Crippen molar-refractivity contribution in [2.24, 2.45) is 0 Å². The third-order valence-electron chi connectivity index (χ3n) is 6.45. The molecule has 0 bridgehead atoms. The molecule has 0 amide bonds. The first-order valence-electron chi connectivity index (χ1n) is 11.5. The number of halogens is 1. The van der Waals surface area contributed by atoms with E-state index in [1.165, 1.54) is 10.9 Å². The molecule has 0 fully saturated rings. The molecule has 172 valence electrons. The van der Waals surface area contributed by atoms with Crippen LogP contribution < -0.4 is 10.9 Å². The van der Waals surface area contributed by atoms with Crippen LogP contribution in [0.2, 0.25) is 0 Å². The summed E-state index contributed by atoms with van der Waals surface area (Å²) >= 11 is 1.62. The number of hydrogen-bond donors (Lipinski definition) is 1. The summed E-state index contributed by atoms with van der Waals surface area (Å²) in [5.41, 5.74) is 4.05. The van der Waals surface area contributed by atoms with E-state index in [0.29, 0.717) is 18.7 Å². The lowest BCUT2D eigenvalue weighted by Crippen LogP contribution is -2.34. The molecule has 1 aliphatic rings. The highest BCUT2D eigenvalue weighted by atomic mass is 32.1. The molecule has 3 heterocycles. The van der Waals surface area contributed by atoms with E-state index in [0.717, 1.165) is 59.4 Å². The predicted octanol–water partition coefficient (Wildman–Crippen LogP) is 4.15. The van der Waals surface area contributed by atoms with Crippen molar-refractivity contribution < 1.29 is 4.39 Å². The van der Waals surface area contributed by atoms with Crippen LogP contribution in [0.4, 0.5) is 4.39 Å². The number of aromatic nitrogens is 4. The van der Waals surface area contributed by atoms with Crippen molar-refractivity contribution in [3.63, 3.8) is 0 Å². The number of rotatable bonds is 7. The van der Waals surface area contributed by atoms with Crippen molar-refractivity contribution in [1.82, 2.24) is 24.6 Å². The van der Waals surface area contributed by atoms with Gasteiger partial charge in [-0.1, -0.05) is 18.2 Å². The lowest BCUT2D eigenvalue weighted by molar-refractivity contribution is 0.455. The van der Waals surface area contributed by atoms with Gasteiger partial charge >= 0.3 is 0 Å². The van der Waals surface area contributed by atoms with Crippen LogP contribution in [-0.4, -0.2) is 25.4 Å². The van der Waals surface area contributed by atoms with Crippen molar-refractivity contribution in [1.29, 1.82) is 0 Å². The topological polar surface area (TPSA) is 64.7 Å². The fraction of sp³-hybridized carbons (Fsp3) is 0.400. The summed E-state index contributed by atoms with van der Waals surface area (Å²) < 4.78 is 17.7. The van der Waals surface area contributed by atoms with Crippen LogP contribution >= 0.6 is 11.3 Å². The van der Waals surface area contributed by atoms with Gasteiger partial charge in [0.15, 0.2) is 0 Å². The summed E-state index contributed by atoms with van der Waals surface area (Å²) in [6, 6.07) is 9.22. The number of hydrogen-bond acceptors (Lipinski definition) is 5. The standard InChI is InChI=1S/C25H28FN5OS/c1-16-12-17(2)31(29-16)11-5-10-30-15-28-24-23(25(30)32)20-9-8-19(13-22(20)33-24)27-14-18-6-3-4-7-21(18)26/h3-4,6-7,12,15,19,27H,5,8-11,13-14H2,1-2H3. The maximum Gasteiger partial charge on any atom is 0.262 e. The number of fused-ring (bicyclic) bond motifs is 3. The van der Waals surface area contributed by atoms with Crippen molar-refractivity contribution in [3.05, 3.63) is 80.2 Å². The monoisotopic (exact) mass is 465 g/mol. The number of nitrogens with zero attached hydrogens (tertiary/aromatic N) is 4. The quantitative estimate of drug-likeness (QED) is 0.445. The highest BCUT2D eigenvalue weighted by Gasteiger charge is 2.25. The molecule has 8 heteroatoms. The summed E-state index contributed by atoms with van der Waals surface area (Å²) in [6.45, 7) is 5.96. The zero-order valence-electron chi connectivity index (χ0n) is 19.0. The summed E-state index contributed by atoms with van der Waals surface area (Å²) in [7, 11) is 0. The first-order valence-corrected chi connectivity index (χ1v) is 12.3. The van der Waals surface area contributed by atoms with Gasteiger partial charge in [-0.05, 0) is 57.2 Å². The molecule has 0 saturated carbocycles. The molecule has 1 aromatic carbocycles. The van der Waals surface area contributed by atoms with Gasteiger partial charge in [0.05, 0.1) is 17.4 Å². The average molecular weight is 466 g/mol. The molecule has 1 unspecified atom stereocenters. The second-order valence-corrected chi connectivity index (χ2v) is 9.93. The van der Waals surface area contributed by atoms with Crippen LogP contribution in [0.3, 0.4) is 0 Å². The molecule has 1 aliphatic carbocycles. The van der Waals surface area contributed by atoms with Gasteiger partial charge in [-0.15, -0.1) is 11.3 Å². The van der Waals surface area contributed by atoms with E-state index in [-0.39, 0.29) is 17.4 Å². The molecule has 4 aromatic rings. The molecule has 5 rings (SSSR count). The molecule has 0 spiro atoms. The molecule has 3 aromatic heterocycles. The van der Waals surface area contributed by atoms with Crippen LogP contribution in [-0.2, 0) is 32.5 Å². The van der Waals surface area contributed by atoms with E-state index in [1.807, 2.05) is 23.7 Å². The zero-order chi connectivity index (χ0) is 22.9. The highest BCUT2D eigenvalue weighted by Crippen LogP contribution is 2.33. The SMILES string of the molecule is Cc1cc(C)n(CCCn2cnc3sc4c(c3c2=O)CCC(NCc2ccccc2F)C4)n1. The minimum atomic E-state index is -0.175. The summed E-state index contributed by atoms with van der Waals surface area (Å²) in [6.07, 6.45) is 5.13. The van der Waals surface area contributed by atoms with Gasteiger partial charge in [0.25, 0.3) is 5.56 Å². The maximum atomic E-state index is 13.9. The normalized spacial score (nSPS) is 15.8. The second-order valence-electron chi connectivity index (χ2n) is 8.84. The average Bonchev–Trinajstić information content (AvgIpc) is 3.33. The Kier molecular flexibility index (Phi) is 6.12. The minimum absolute atomic E-state index is 0.0589. The Balaban J connectivity index is 1.28. The molecular weight excluding hydrogens is 437 g/mol. The van der Waals surface area contributed by atoms with Gasteiger partial charge in [0.1, 0.15) is 10.6 Å². The summed E-state index contributed by atoms with van der Waals surface area (Å²) in [5.74, 6) is -0.175. The van der Waals surface area contributed by atoms with Gasteiger partial charge in [-0.25, -0.2) is 9.37 Å². The Hall–Kier alpha value is -2.84. The fourth-order valence-corrected chi connectivity index (χ4v) is 5.98. The Morgan fingerprint density at radius 3 is 2.88 bits per heavy atom. The number of benzene rings is 1. The Morgan fingerprint density at radius 1 is 1.24 bits per heavy atom. The molecule has 0 saturated heterocycles. The Labute approximate surface area is 196 Å². The van der Waals surface area contributed by atoms with Crippen LogP contribution in [0, 0.1) is 19.7 Å². The first-order chi connectivity index (χ1) is 16.0. The predicted molar refractivity (Wildman–Crippen MR) is 129 cm³/mol. The van der Waals surface area contributed by atoms with Gasteiger partial charge < -0.3 is 5.32 Å². The van der Waals surface area contributed by atoms with Gasteiger partial charge in [0.2, 0.25) is 0 Å². The fourth-order valence-electron chi connectivity index (χ4n) is 4.72. The lowest BCUT2D eigenvalue weighted by atomic mass is 9.93. The molecule has 1 atom stereocenters. The van der Waals surface area contributed by atoms with Crippen LogP contribution in [0.25, 0.3) is 10.2 Å². The number of thiophene rings is 1. The van der Waals surface area contributed by atoms with E-state index in [4.69, 9.17) is 0 Å². The minimum Gasteiger partial charge on any atom is -0.309 e. The largest absolute Gasteiger partial charge is 0.309 e. The lowest BCUT2D eigenvalue weighted by Gasteiger charge is -2.23. The number of nitrogens with one attached hydrogen (secondary N) is 1. The van der Waals surface area contributed by atoms with Crippen LogP contribution in [0.1, 0.15) is 40.2 Å². The van der Waals surface area contributed by atoms with Crippen molar-refractivity contribution in [2.45, 2.75) is 65.2 Å². The van der Waals surface area contributed by atoms with E-state index >= 15 is 0 Å². The van der Waals surface area contributed by atoms with E-state index in [1.54, 1.807) is 28.3 Å². The first kappa shape index (κ1) is 22.0. The summed E-state index contributed by atoms with van der Waals surface area (Å²) in [5, 5.41) is 8.78. The third-order valence-corrected chi connectivity index (χ3v) is 7.61. The van der Waals surface area contributed by atoms with E-state index in [9.17, 15) is 9.18 Å². The Bertz CT molecular complexity index is 1350. The maximum absolute atomic E-state index is 13.9. The van der Waals surface area contributed by atoms with Gasteiger partial charge in [-0.2, -0.15) is 5.10 Å². The highest BCUT2D eigenvalue weighted by molar-refractivity contribution is 7.18. The smallest absolute Gasteiger partial charge is 0.262 e. The zero-order valence-corrected chi connectivity index (χ0v) is 19.8. The van der Waals surface area contributed by atoms with Gasteiger partial charge in [-0.3, -0.25) is 14.0 Å². The van der Waals surface area contributed by atoms with Crippen LogP contribution in [0.15, 0.2) is 41.5 Å². The summed E-state index contributed by atoms with van der Waals surface area (Å²) in [4.78, 5) is 19.9. The molecular formula is C25H28FN5OS. The molecule has 6 nitrogen and oxygen atoms in total.